The van der Waals surface area contributed by atoms with Crippen LogP contribution >= 0.6 is 31.9 Å². The molecular formula is C14H17Br2N. The highest BCUT2D eigenvalue weighted by Crippen LogP contribution is 2.47. The van der Waals surface area contributed by atoms with Gasteiger partial charge in [-0.2, -0.15) is 0 Å². The number of aryl methyl sites for hydroxylation is 1. The Bertz CT molecular complexity index is 401. The normalized spacial score (nSPS) is 19.8. The van der Waals surface area contributed by atoms with Crippen LogP contribution in [0.5, 0.6) is 0 Å². The van der Waals surface area contributed by atoms with E-state index in [2.05, 4.69) is 56.2 Å². The number of rotatable bonds is 4. The fraction of sp³-hybridized carbons (Fsp3) is 0.571. The van der Waals surface area contributed by atoms with E-state index in [4.69, 9.17) is 0 Å². The van der Waals surface area contributed by atoms with Gasteiger partial charge in [0.1, 0.15) is 0 Å². The molecule has 0 amide bonds. The molecule has 0 aromatic heterocycles. The minimum absolute atomic E-state index is 0.699. The zero-order valence-corrected chi connectivity index (χ0v) is 13.1. The van der Waals surface area contributed by atoms with Crippen molar-refractivity contribution in [1.29, 1.82) is 0 Å². The van der Waals surface area contributed by atoms with E-state index >= 15 is 0 Å². The van der Waals surface area contributed by atoms with Crippen LogP contribution < -0.4 is 5.32 Å². The first-order valence-electron chi connectivity index (χ1n) is 6.37. The van der Waals surface area contributed by atoms with E-state index in [-0.39, 0.29) is 0 Å². The third-order valence-electron chi connectivity index (χ3n) is 3.76. The lowest BCUT2D eigenvalue weighted by molar-refractivity contribution is 0.567. The summed E-state index contributed by atoms with van der Waals surface area (Å²) < 4.78 is 2.35. The first kappa shape index (κ1) is 12.0. The molecule has 3 rings (SSSR count). The van der Waals surface area contributed by atoms with Gasteiger partial charge in [-0.3, -0.25) is 0 Å². The maximum atomic E-state index is 3.77. The Kier molecular flexibility index (Phi) is 3.24. The second kappa shape index (κ2) is 4.58. The summed E-state index contributed by atoms with van der Waals surface area (Å²) in [6.45, 7) is 2.12. The molecule has 2 aliphatic rings. The van der Waals surface area contributed by atoms with Crippen molar-refractivity contribution in [2.75, 3.05) is 5.32 Å². The van der Waals surface area contributed by atoms with Crippen molar-refractivity contribution in [2.24, 2.45) is 11.8 Å². The summed E-state index contributed by atoms with van der Waals surface area (Å²) in [6.07, 6.45) is 5.65. The minimum Gasteiger partial charge on any atom is -0.380 e. The second-order valence-electron chi connectivity index (χ2n) is 5.45. The lowest BCUT2D eigenvalue weighted by atomic mass is 10.1. The summed E-state index contributed by atoms with van der Waals surface area (Å²) >= 11 is 7.35. The molecule has 0 saturated heterocycles. The average Bonchev–Trinajstić information content (AvgIpc) is 3.12. The Labute approximate surface area is 120 Å². The van der Waals surface area contributed by atoms with Crippen LogP contribution in [0.25, 0.3) is 0 Å². The molecular weight excluding hydrogens is 342 g/mol. The Hall–Kier alpha value is -0.0200. The molecule has 1 N–H and O–H groups in total. The van der Waals surface area contributed by atoms with E-state index in [9.17, 15) is 0 Å². The number of nitrogens with one attached hydrogen (secondary N) is 1. The fourth-order valence-electron chi connectivity index (χ4n) is 2.54. The molecule has 92 valence electrons. The largest absolute Gasteiger partial charge is 0.380 e. The van der Waals surface area contributed by atoms with Gasteiger partial charge in [0.15, 0.2) is 0 Å². The molecule has 2 aliphatic carbocycles. The molecule has 0 unspecified atom stereocenters. The van der Waals surface area contributed by atoms with E-state index in [1.165, 1.54) is 45.9 Å². The molecule has 3 heteroatoms. The standard InChI is InChI=1S/C14H17Br2N/c1-8-6-11(15)14(12(16)7-8)17-13(9-2-3-9)10-4-5-10/h6-7,9-10,13,17H,2-5H2,1H3. The molecule has 0 aliphatic heterocycles. The molecule has 1 aromatic carbocycles. The van der Waals surface area contributed by atoms with Gasteiger partial charge < -0.3 is 5.32 Å². The van der Waals surface area contributed by atoms with Crippen molar-refractivity contribution >= 4 is 37.5 Å². The molecule has 0 radical (unpaired) electrons. The SMILES string of the molecule is Cc1cc(Br)c(NC(C2CC2)C2CC2)c(Br)c1. The van der Waals surface area contributed by atoms with Crippen LogP contribution in [0.1, 0.15) is 31.2 Å². The molecule has 0 heterocycles. The Balaban J connectivity index is 1.83. The summed E-state index contributed by atoms with van der Waals surface area (Å²) in [5, 5.41) is 3.77. The van der Waals surface area contributed by atoms with Gasteiger partial charge in [-0.05, 0) is 94.0 Å². The third-order valence-corrected chi connectivity index (χ3v) is 5.01. The van der Waals surface area contributed by atoms with Crippen molar-refractivity contribution in [2.45, 2.75) is 38.6 Å². The smallest absolute Gasteiger partial charge is 0.0631 e. The van der Waals surface area contributed by atoms with Crippen LogP contribution in [0.3, 0.4) is 0 Å². The van der Waals surface area contributed by atoms with Crippen molar-refractivity contribution < 1.29 is 0 Å². The van der Waals surface area contributed by atoms with Crippen molar-refractivity contribution in [1.82, 2.24) is 0 Å². The molecule has 1 nitrogen and oxygen atoms in total. The highest BCUT2D eigenvalue weighted by molar-refractivity contribution is 9.11. The number of hydrogen-bond acceptors (Lipinski definition) is 1. The molecule has 1 aromatic rings. The molecule has 0 atom stereocenters. The van der Waals surface area contributed by atoms with Gasteiger partial charge in [-0.1, -0.05) is 0 Å². The lowest BCUT2D eigenvalue weighted by Crippen LogP contribution is -2.24. The minimum atomic E-state index is 0.699. The van der Waals surface area contributed by atoms with Gasteiger partial charge in [0.2, 0.25) is 0 Å². The van der Waals surface area contributed by atoms with Crippen LogP contribution in [0, 0.1) is 18.8 Å². The van der Waals surface area contributed by atoms with Gasteiger partial charge in [0.25, 0.3) is 0 Å². The number of anilines is 1. The van der Waals surface area contributed by atoms with Crippen molar-refractivity contribution in [3.05, 3.63) is 26.6 Å². The Morgan fingerprint density at radius 3 is 1.94 bits per heavy atom. The summed E-state index contributed by atoms with van der Waals surface area (Å²) in [5.41, 5.74) is 2.52. The van der Waals surface area contributed by atoms with E-state index in [1.807, 2.05) is 0 Å². The Morgan fingerprint density at radius 2 is 1.53 bits per heavy atom. The average molecular weight is 359 g/mol. The van der Waals surface area contributed by atoms with Crippen LogP contribution in [0.15, 0.2) is 21.1 Å². The molecule has 2 fully saturated rings. The first-order valence-corrected chi connectivity index (χ1v) is 7.96. The second-order valence-corrected chi connectivity index (χ2v) is 7.16. The summed E-state index contributed by atoms with van der Waals surface area (Å²) in [5.74, 6) is 1.84. The Morgan fingerprint density at radius 1 is 1.06 bits per heavy atom. The lowest BCUT2D eigenvalue weighted by Gasteiger charge is -2.21. The maximum Gasteiger partial charge on any atom is 0.0631 e. The first-order chi connectivity index (χ1) is 8.15. The molecule has 2 saturated carbocycles. The third kappa shape index (κ3) is 2.70. The van der Waals surface area contributed by atoms with E-state index in [0.29, 0.717) is 6.04 Å². The maximum absolute atomic E-state index is 3.77. The van der Waals surface area contributed by atoms with Gasteiger partial charge >= 0.3 is 0 Å². The van der Waals surface area contributed by atoms with E-state index in [0.717, 1.165) is 11.8 Å². The van der Waals surface area contributed by atoms with Crippen LogP contribution in [-0.2, 0) is 0 Å². The van der Waals surface area contributed by atoms with E-state index < -0.39 is 0 Å². The summed E-state index contributed by atoms with van der Waals surface area (Å²) in [7, 11) is 0. The monoisotopic (exact) mass is 357 g/mol. The highest BCUT2D eigenvalue weighted by atomic mass is 79.9. The van der Waals surface area contributed by atoms with Crippen molar-refractivity contribution in [3.63, 3.8) is 0 Å². The van der Waals surface area contributed by atoms with E-state index in [1.54, 1.807) is 0 Å². The van der Waals surface area contributed by atoms with Crippen LogP contribution in [0.4, 0.5) is 5.69 Å². The van der Waals surface area contributed by atoms with Gasteiger partial charge in [0, 0.05) is 15.0 Å². The van der Waals surface area contributed by atoms with Gasteiger partial charge in [0.05, 0.1) is 5.69 Å². The zero-order valence-electron chi connectivity index (χ0n) is 9.97. The predicted octanol–water partition coefficient (Wildman–Crippen LogP) is 5.12. The number of halogens is 2. The summed E-state index contributed by atoms with van der Waals surface area (Å²) in [4.78, 5) is 0. The van der Waals surface area contributed by atoms with Crippen molar-refractivity contribution in [3.8, 4) is 0 Å². The number of hydrogen-bond donors (Lipinski definition) is 1. The van der Waals surface area contributed by atoms with Gasteiger partial charge in [-0.25, -0.2) is 0 Å². The fourth-order valence-corrected chi connectivity index (χ4v) is 4.18. The topological polar surface area (TPSA) is 12.0 Å². The quantitative estimate of drug-likeness (QED) is 0.787. The highest BCUT2D eigenvalue weighted by Gasteiger charge is 2.41. The summed E-state index contributed by atoms with van der Waals surface area (Å²) in [6, 6.07) is 5.07. The zero-order chi connectivity index (χ0) is 12.0. The molecule has 17 heavy (non-hydrogen) atoms. The van der Waals surface area contributed by atoms with Gasteiger partial charge in [-0.15, -0.1) is 0 Å². The molecule has 0 spiro atoms. The van der Waals surface area contributed by atoms with Crippen LogP contribution in [0.2, 0.25) is 0 Å². The molecule has 0 bridgehead atoms. The predicted molar refractivity (Wildman–Crippen MR) is 79.4 cm³/mol. The number of benzene rings is 1. The van der Waals surface area contributed by atoms with Crippen LogP contribution in [-0.4, -0.2) is 6.04 Å².